The lowest BCUT2D eigenvalue weighted by Crippen LogP contribution is -2.55. The van der Waals surface area contributed by atoms with Crippen LogP contribution in [0.1, 0.15) is 104 Å². The average molecular weight is 536 g/mol. The maximum absolute atomic E-state index is 7.19. The van der Waals surface area contributed by atoms with Gasteiger partial charge in [-0.1, -0.05) is 64.1 Å². The lowest BCUT2D eigenvalue weighted by molar-refractivity contribution is -0.143. The van der Waals surface area contributed by atoms with Crippen molar-refractivity contribution in [3.8, 4) is 5.75 Å². The molecule has 0 aliphatic heterocycles. The Labute approximate surface area is 238 Å². The van der Waals surface area contributed by atoms with Gasteiger partial charge in [0, 0.05) is 19.2 Å². The van der Waals surface area contributed by atoms with E-state index in [2.05, 4.69) is 110 Å². The largest absolute Gasteiger partial charge is 0.489 e. The third-order valence-corrected chi connectivity index (χ3v) is 8.94. The van der Waals surface area contributed by atoms with E-state index in [1.165, 1.54) is 36.1 Å². The van der Waals surface area contributed by atoms with Crippen LogP contribution in [0.25, 0.3) is 0 Å². The van der Waals surface area contributed by atoms with E-state index in [-0.39, 0.29) is 22.7 Å². The van der Waals surface area contributed by atoms with Crippen molar-refractivity contribution >= 4 is 0 Å². The summed E-state index contributed by atoms with van der Waals surface area (Å²) in [7, 11) is 0. The Morgan fingerprint density at radius 1 is 0.974 bits per heavy atom. The van der Waals surface area contributed by atoms with Crippen LogP contribution in [-0.2, 0) is 21.5 Å². The SMILES string of the molecule is CCN(CC1CC1)[C@@H]1[C@H](OC(C)(C)CCOC(C)(C)C)c2ccc(OCc3ccccc3)cc2C(C)(C)[C@H]1C. The van der Waals surface area contributed by atoms with E-state index in [4.69, 9.17) is 14.2 Å². The summed E-state index contributed by atoms with van der Waals surface area (Å²) in [5.74, 6) is 2.18. The molecule has 0 unspecified atom stereocenters. The Balaban J connectivity index is 1.65. The van der Waals surface area contributed by atoms with Gasteiger partial charge < -0.3 is 14.2 Å². The van der Waals surface area contributed by atoms with Crippen molar-refractivity contribution < 1.29 is 14.2 Å². The Morgan fingerprint density at radius 3 is 2.28 bits per heavy atom. The number of fused-ring (bicyclic) bond motifs is 1. The molecule has 0 bridgehead atoms. The van der Waals surface area contributed by atoms with Crippen LogP contribution in [-0.4, -0.2) is 41.8 Å². The minimum atomic E-state index is -0.311. The molecule has 1 saturated carbocycles. The smallest absolute Gasteiger partial charge is 0.120 e. The first kappa shape index (κ1) is 30.1. The minimum absolute atomic E-state index is 0.00506. The van der Waals surface area contributed by atoms with Crippen LogP contribution >= 0.6 is 0 Å². The molecule has 4 nitrogen and oxygen atoms in total. The van der Waals surface area contributed by atoms with Gasteiger partial charge in [-0.2, -0.15) is 0 Å². The van der Waals surface area contributed by atoms with Gasteiger partial charge in [-0.05, 0) is 106 Å². The molecule has 2 aliphatic carbocycles. The summed E-state index contributed by atoms with van der Waals surface area (Å²) in [4.78, 5) is 2.72. The molecule has 3 atom stereocenters. The third kappa shape index (κ3) is 7.65. The van der Waals surface area contributed by atoms with Crippen molar-refractivity contribution in [1.29, 1.82) is 0 Å². The number of hydrogen-bond acceptors (Lipinski definition) is 4. The lowest BCUT2D eigenvalue weighted by atomic mass is 9.62. The zero-order chi connectivity index (χ0) is 28.4. The van der Waals surface area contributed by atoms with Gasteiger partial charge in [0.05, 0.1) is 17.3 Å². The second kappa shape index (κ2) is 11.9. The fourth-order valence-electron chi connectivity index (χ4n) is 6.03. The minimum Gasteiger partial charge on any atom is -0.489 e. The summed E-state index contributed by atoms with van der Waals surface area (Å²) in [6.45, 7) is 23.9. The van der Waals surface area contributed by atoms with Gasteiger partial charge in [0.25, 0.3) is 0 Å². The van der Waals surface area contributed by atoms with Crippen LogP contribution in [0.4, 0.5) is 0 Å². The zero-order valence-corrected chi connectivity index (χ0v) is 26.0. The second-order valence-corrected chi connectivity index (χ2v) is 14.1. The van der Waals surface area contributed by atoms with Crippen molar-refractivity contribution in [3.63, 3.8) is 0 Å². The van der Waals surface area contributed by atoms with Crippen molar-refractivity contribution in [3.05, 3.63) is 65.2 Å². The molecule has 0 heterocycles. The molecule has 4 rings (SSSR count). The first-order chi connectivity index (χ1) is 18.3. The molecule has 216 valence electrons. The van der Waals surface area contributed by atoms with E-state index in [9.17, 15) is 0 Å². The predicted octanol–water partition coefficient (Wildman–Crippen LogP) is 8.33. The van der Waals surface area contributed by atoms with Crippen molar-refractivity contribution in [1.82, 2.24) is 4.90 Å². The van der Waals surface area contributed by atoms with E-state index in [0.29, 0.717) is 25.2 Å². The molecule has 2 aromatic carbocycles. The average Bonchev–Trinajstić information content (AvgIpc) is 3.69. The molecule has 2 aromatic rings. The summed E-state index contributed by atoms with van der Waals surface area (Å²) in [5.41, 5.74) is 3.38. The highest BCUT2D eigenvalue weighted by molar-refractivity contribution is 5.45. The number of nitrogens with zero attached hydrogens (tertiary/aromatic N) is 1. The molecular weight excluding hydrogens is 482 g/mol. The quantitative estimate of drug-likeness (QED) is 0.273. The standard InChI is InChI=1S/C35H53NO3/c1-10-36(23-26-16-17-26)31-25(2)35(8,9)30-22-28(37-24-27-14-12-11-13-15-27)18-19-29(30)32(31)39-34(6,7)20-21-38-33(3,4)5/h11-15,18-19,22,25-26,31-32H,10,16-17,20-21,23-24H2,1-9H3/t25-,31-,32+/m0/s1. The van der Waals surface area contributed by atoms with Crippen LogP contribution < -0.4 is 4.74 Å². The summed E-state index contributed by atoms with van der Waals surface area (Å²) >= 11 is 0. The summed E-state index contributed by atoms with van der Waals surface area (Å²) in [6.07, 6.45) is 3.57. The first-order valence-corrected chi connectivity index (χ1v) is 15.2. The fourth-order valence-corrected chi connectivity index (χ4v) is 6.03. The van der Waals surface area contributed by atoms with Crippen LogP contribution in [0.2, 0.25) is 0 Å². The Morgan fingerprint density at radius 2 is 1.67 bits per heavy atom. The molecular formula is C35H53NO3. The molecule has 0 aromatic heterocycles. The number of rotatable bonds is 12. The Hall–Kier alpha value is -1.88. The number of likely N-dealkylation sites (N-methyl/N-ethyl adjacent to an activating group) is 1. The van der Waals surface area contributed by atoms with Crippen LogP contribution in [0.15, 0.2) is 48.5 Å². The normalized spacial score (nSPS) is 23.1. The lowest BCUT2D eigenvalue weighted by Gasteiger charge is -2.53. The topological polar surface area (TPSA) is 30.9 Å². The van der Waals surface area contributed by atoms with Crippen LogP contribution in [0, 0.1) is 11.8 Å². The van der Waals surface area contributed by atoms with Gasteiger partial charge in [0.15, 0.2) is 0 Å². The second-order valence-electron chi connectivity index (χ2n) is 14.1. The fraction of sp³-hybridized carbons (Fsp3) is 0.657. The van der Waals surface area contributed by atoms with E-state index in [1.807, 2.05) is 6.07 Å². The van der Waals surface area contributed by atoms with Crippen molar-refractivity contribution in [2.45, 2.75) is 117 Å². The molecule has 39 heavy (non-hydrogen) atoms. The van der Waals surface area contributed by atoms with Crippen molar-refractivity contribution in [2.24, 2.45) is 11.8 Å². The molecule has 4 heteroatoms. The summed E-state index contributed by atoms with van der Waals surface area (Å²) in [6, 6.07) is 17.4. The molecule has 0 amide bonds. The van der Waals surface area contributed by atoms with Crippen LogP contribution in [0.3, 0.4) is 0 Å². The van der Waals surface area contributed by atoms with E-state index in [1.54, 1.807) is 0 Å². The highest BCUT2D eigenvalue weighted by atomic mass is 16.5. The zero-order valence-electron chi connectivity index (χ0n) is 26.0. The van der Waals surface area contributed by atoms with Gasteiger partial charge in [0.1, 0.15) is 12.4 Å². The van der Waals surface area contributed by atoms with Gasteiger partial charge in [0.2, 0.25) is 0 Å². The van der Waals surface area contributed by atoms with E-state index >= 15 is 0 Å². The maximum Gasteiger partial charge on any atom is 0.120 e. The molecule has 0 N–H and O–H groups in total. The van der Waals surface area contributed by atoms with Crippen LogP contribution in [0.5, 0.6) is 5.75 Å². The van der Waals surface area contributed by atoms with Gasteiger partial charge in [-0.3, -0.25) is 4.90 Å². The van der Waals surface area contributed by atoms with Gasteiger partial charge in [-0.15, -0.1) is 0 Å². The molecule has 2 aliphatic rings. The van der Waals surface area contributed by atoms with Gasteiger partial charge >= 0.3 is 0 Å². The van der Waals surface area contributed by atoms with Gasteiger partial charge in [-0.25, -0.2) is 0 Å². The Bertz CT molecular complexity index is 1070. The molecule has 0 spiro atoms. The molecule has 0 saturated heterocycles. The molecule has 1 fully saturated rings. The number of ether oxygens (including phenoxy) is 3. The first-order valence-electron chi connectivity index (χ1n) is 15.2. The van der Waals surface area contributed by atoms with E-state index in [0.717, 1.165) is 24.6 Å². The highest BCUT2D eigenvalue weighted by Crippen LogP contribution is 2.51. The van der Waals surface area contributed by atoms with E-state index < -0.39 is 0 Å². The highest BCUT2D eigenvalue weighted by Gasteiger charge is 2.49. The molecule has 0 radical (unpaired) electrons. The number of hydrogen-bond donors (Lipinski definition) is 0. The Kier molecular flexibility index (Phi) is 9.20. The monoisotopic (exact) mass is 535 g/mol. The maximum atomic E-state index is 7.19. The number of benzene rings is 2. The summed E-state index contributed by atoms with van der Waals surface area (Å²) in [5, 5.41) is 0. The summed E-state index contributed by atoms with van der Waals surface area (Å²) < 4.78 is 19.6. The van der Waals surface area contributed by atoms with Crippen molar-refractivity contribution in [2.75, 3.05) is 19.7 Å². The predicted molar refractivity (Wildman–Crippen MR) is 161 cm³/mol. The third-order valence-electron chi connectivity index (χ3n) is 8.94.